The average molecular weight is 183 g/mol. The van der Waals surface area contributed by atoms with Crippen LogP contribution in [-0.2, 0) is 0 Å². The Balaban J connectivity index is 2.65. The minimum absolute atomic E-state index is 0.338. The first kappa shape index (κ1) is 11.0. The fraction of sp³-hybridized carbons (Fsp3) is 1.00. The van der Waals surface area contributed by atoms with E-state index in [1.807, 2.05) is 0 Å². The first-order valence-electron chi connectivity index (χ1n) is 5.66. The first-order valence-corrected chi connectivity index (χ1v) is 5.66. The van der Waals surface area contributed by atoms with Crippen molar-refractivity contribution in [1.29, 1.82) is 0 Å². The van der Waals surface area contributed by atoms with Crippen molar-refractivity contribution in [3.8, 4) is 0 Å². The van der Waals surface area contributed by atoms with Crippen LogP contribution in [0.15, 0.2) is 0 Å². The molecule has 0 aromatic heterocycles. The van der Waals surface area contributed by atoms with Crippen molar-refractivity contribution < 1.29 is 0 Å². The first-order chi connectivity index (χ1) is 5.88. The molecule has 1 fully saturated rings. The topological polar surface area (TPSA) is 3.24 Å². The molecule has 2 unspecified atom stereocenters. The van der Waals surface area contributed by atoms with Gasteiger partial charge in [-0.1, -0.05) is 13.8 Å². The maximum atomic E-state index is 2.71. The van der Waals surface area contributed by atoms with E-state index in [2.05, 4.69) is 46.4 Å². The Morgan fingerprint density at radius 2 is 1.85 bits per heavy atom. The lowest BCUT2D eigenvalue weighted by atomic mass is 10.0. The van der Waals surface area contributed by atoms with E-state index in [9.17, 15) is 0 Å². The Labute approximate surface area is 83.5 Å². The van der Waals surface area contributed by atoms with E-state index >= 15 is 0 Å². The number of rotatable bonds is 3. The average Bonchev–Trinajstić information content (AvgIpc) is 2.64. The van der Waals surface area contributed by atoms with Crippen LogP contribution in [0.5, 0.6) is 0 Å². The summed E-state index contributed by atoms with van der Waals surface area (Å²) in [6, 6.07) is 1.59. The van der Waals surface area contributed by atoms with Crippen molar-refractivity contribution in [1.82, 2.24) is 4.90 Å². The van der Waals surface area contributed by atoms with Crippen molar-refractivity contribution >= 4 is 0 Å². The largest absolute Gasteiger partial charge is 0.293 e. The van der Waals surface area contributed by atoms with Crippen LogP contribution >= 0.6 is 0 Å². The molecule has 0 spiro atoms. The van der Waals surface area contributed by atoms with Gasteiger partial charge in [0.1, 0.15) is 0 Å². The van der Waals surface area contributed by atoms with Gasteiger partial charge in [0.05, 0.1) is 0 Å². The zero-order chi connectivity index (χ0) is 10.2. The molecule has 0 aromatic rings. The van der Waals surface area contributed by atoms with Crippen molar-refractivity contribution in [2.45, 2.75) is 72.0 Å². The molecular formula is C12H25N. The van der Waals surface area contributed by atoms with Gasteiger partial charge in [0.15, 0.2) is 0 Å². The Morgan fingerprint density at radius 3 is 2.08 bits per heavy atom. The molecule has 0 bridgehead atoms. The SMILES string of the molecule is CC[C@@H](C)N(C1CC1C)C(C)(C)C. The molecule has 13 heavy (non-hydrogen) atoms. The minimum Gasteiger partial charge on any atom is -0.293 e. The third-order valence-electron chi connectivity index (χ3n) is 3.26. The predicted molar refractivity (Wildman–Crippen MR) is 58.9 cm³/mol. The van der Waals surface area contributed by atoms with Gasteiger partial charge in [0.2, 0.25) is 0 Å². The summed E-state index contributed by atoms with van der Waals surface area (Å²) in [6.07, 6.45) is 2.67. The smallest absolute Gasteiger partial charge is 0.0133 e. The van der Waals surface area contributed by atoms with E-state index in [1.54, 1.807) is 0 Å². The summed E-state index contributed by atoms with van der Waals surface area (Å²) in [7, 11) is 0. The number of hydrogen-bond acceptors (Lipinski definition) is 1. The molecule has 0 radical (unpaired) electrons. The standard InChI is InChI=1S/C12H25N/c1-7-10(3)13(12(4,5)6)11-8-9(11)2/h9-11H,7-8H2,1-6H3/t9?,10-,11?/m1/s1. The second kappa shape index (κ2) is 3.61. The number of hydrogen-bond donors (Lipinski definition) is 0. The molecule has 1 nitrogen and oxygen atoms in total. The fourth-order valence-corrected chi connectivity index (χ4v) is 2.37. The van der Waals surface area contributed by atoms with E-state index in [1.165, 1.54) is 12.8 Å². The van der Waals surface area contributed by atoms with Gasteiger partial charge < -0.3 is 0 Å². The summed E-state index contributed by atoms with van der Waals surface area (Å²) in [5.41, 5.74) is 0.338. The molecule has 0 aliphatic heterocycles. The lowest BCUT2D eigenvalue weighted by Gasteiger charge is -2.40. The molecule has 78 valence electrons. The van der Waals surface area contributed by atoms with E-state index in [-0.39, 0.29) is 0 Å². The Morgan fingerprint density at radius 1 is 1.38 bits per heavy atom. The van der Waals surface area contributed by atoms with Crippen molar-refractivity contribution in [3.63, 3.8) is 0 Å². The van der Waals surface area contributed by atoms with Crippen LogP contribution in [0, 0.1) is 5.92 Å². The van der Waals surface area contributed by atoms with Crippen molar-refractivity contribution in [2.24, 2.45) is 5.92 Å². The Hall–Kier alpha value is -0.0400. The molecule has 0 amide bonds. The molecule has 1 heteroatoms. The minimum atomic E-state index is 0.338. The van der Waals surface area contributed by atoms with Gasteiger partial charge in [-0.2, -0.15) is 0 Å². The lowest BCUT2D eigenvalue weighted by molar-refractivity contribution is 0.0735. The number of nitrogens with zero attached hydrogens (tertiary/aromatic N) is 1. The molecule has 1 aliphatic carbocycles. The third-order valence-corrected chi connectivity index (χ3v) is 3.26. The van der Waals surface area contributed by atoms with Gasteiger partial charge in [0.25, 0.3) is 0 Å². The highest BCUT2D eigenvalue weighted by Gasteiger charge is 2.43. The second-order valence-corrected chi connectivity index (χ2v) is 5.62. The summed E-state index contributed by atoms with van der Waals surface area (Å²) >= 11 is 0. The molecule has 1 aliphatic rings. The highest BCUT2D eigenvalue weighted by molar-refractivity contribution is 4.98. The summed E-state index contributed by atoms with van der Waals surface area (Å²) in [4.78, 5) is 2.71. The van der Waals surface area contributed by atoms with Crippen molar-refractivity contribution in [3.05, 3.63) is 0 Å². The maximum Gasteiger partial charge on any atom is 0.0133 e. The molecule has 3 atom stereocenters. The summed E-state index contributed by atoms with van der Waals surface area (Å²) < 4.78 is 0. The predicted octanol–water partition coefficient (Wildman–Crippen LogP) is 3.29. The van der Waals surface area contributed by atoms with Crippen LogP contribution in [0.3, 0.4) is 0 Å². The molecule has 0 heterocycles. The normalized spacial score (nSPS) is 30.7. The molecule has 1 saturated carbocycles. The van der Waals surface area contributed by atoms with Crippen LogP contribution in [0.1, 0.15) is 54.4 Å². The van der Waals surface area contributed by atoms with E-state index in [0.29, 0.717) is 5.54 Å². The van der Waals surface area contributed by atoms with Gasteiger partial charge in [-0.3, -0.25) is 4.90 Å². The fourth-order valence-electron chi connectivity index (χ4n) is 2.37. The van der Waals surface area contributed by atoms with Crippen LogP contribution in [0.25, 0.3) is 0 Å². The molecule has 1 rings (SSSR count). The summed E-state index contributed by atoms with van der Waals surface area (Å²) in [5, 5.41) is 0. The zero-order valence-corrected chi connectivity index (χ0v) is 10.1. The molecular weight excluding hydrogens is 158 g/mol. The Kier molecular flexibility index (Phi) is 3.06. The summed E-state index contributed by atoms with van der Waals surface area (Å²) in [6.45, 7) is 14.0. The van der Waals surface area contributed by atoms with Crippen molar-refractivity contribution in [2.75, 3.05) is 0 Å². The van der Waals surface area contributed by atoms with E-state index in [4.69, 9.17) is 0 Å². The van der Waals surface area contributed by atoms with E-state index in [0.717, 1.165) is 18.0 Å². The van der Waals surface area contributed by atoms with Gasteiger partial charge in [0, 0.05) is 17.6 Å². The molecule has 0 N–H and O–H groups in total. The van der Waals surface area contributed by atoms with Crippen LogP contribution in [0.2, 0.25) is 0 Å². The highest BCUT2D eigenvalue weighted by Crippen LogP contribution is 2.40. The highest BCUT2D eigenvalue weighted by atomic mass is 15.3. The van der Waals surface area contributed by atoms with E-state index < -0.39 is 0 Å². The van der Waals surface area contributed by atoms with Crippen LogP contribution in [-0.4, -0.2) is 22.5 Å². The van der Waals surface area contributed by atoms with Gasteiger partial charge in [-0.25, -0.2) is 0 Å². The second-order valence-electron chi connectivity index (χ2n) is 5.62. The molecule has 0 saturated heterocycles. The monoisotopic (exact) mass is 183 g/mol. The summed E-state index contributed by atoms with van der Waals surface area (Å²) in [5.74, 6) is 0.924. The van der Waals surface area contributed by atoms with Gasteiger partial charge in [-0.15, -0.1) is 0 Å². The van der Waals surface area contributed by atoms with Crippen LogP contribution < -0.4 is 0 Å². The Bertz CT molecular complexity index is 164. The van der Waals surface area contributed by atoms with Crippen LogP contribution in [0.4, 0.5) is 0 Å². The molecule has 0 aromatic carbocycles. The zero-order valence-electron chi connectivity index (χ0n) is 10.1. The third kappa shape index (κ3) is 2.46. The van der Waals surface area contributed by atoms with Gasteiger partial charge in [-0.05, 0) is 46.5 Å². The quantitative estimate of drug-likeness (QED) is 0.649. The van der Waals surface area contributed by atoms with Gasteiger partial charge >= 0.3 is 0 Å². The lowest BCUT2D eigenvalue weighted by Crippen LogP contribution is -2.48. The maximum absolute atomic E-state index is 2.71.